The molecule has 4 nitrogen and oxygen atoms in total. The van der Waals surface area contributed by atoms with Gasteiger partial charge >= 0.3 is 0 Å². The molecule has 0 bridgehead atoms. The van der Waals surface area contributed by atoms with Crippen molar-refractivity contribution in [1.82, 2.24) is 0 Å². The third-order valence-electron chi connectivity index (χ3n) is 3.94. The first-order valence-electron chi connectivity index (χ1n) is 8.60. The molecule has 0 unspecified atom stereocenters. The molecule has 3 aromatic rings. The van der Waals surface area contributed by atoms with Crippen LogP contribution in [0.25, 0.3) is 6.08 Å². The number of carbonyl (C=O) groups is 1. The Kier molecular flexibility index (Phi) is 6.17. The van der Waals surface area contributed by atoms with Crippen molar-refractivity contribution in [3.05, 3.63) is 101 Å². The normalized spacial score (nSPS) is 10.8. The molecular weight excluding hydrogens is 355 g/mol. The van der Waals surface area contributed by atoms with E-state index in [0.717, 1.165) is 0 Å². The van der Waals surface area contributed by atoms with E-state index in [1.165, 1.54) is 12.1 Å². The Bertz CT molecular complexity index is 1020. The van der Waals surface area contributed by atoms with Gasteiger partial charge < -0.3 is 10.1 Å². The van der Waals surface area contributed by atoms with E-state index >= 15 is 0 Å². The van der Waals surface area contributed by atoms with Crippen LogP contribution < -0.4 is 10.1 Å². The largest absolute Gasteiger partial charge is 0.489 e. The molecule has 5 heteroatoms. The number of hydrogen-bond acceptors (Lipinski definition) is 3. The molecule has 1 N–H and O–H groups in total. The van der Waals surface area contributed by atoms with Crippen molar-refractivity contribution in [2.24, 2.45) is 0 Å². The maximum atomic E-state index is 13.6. The molecular formula is C23H17FN2O2. The van der Waals surface area contributed by atoms with Gasteiger partial charge in [0.2, 0.25) is 0 Å². The number of anilines is 1. The number of nitrogens with one attached hydrogen (secondary N) is 1. The van der Waals surface area contributed by atoms with E-state index in [1.807, 2.05) is 12.1 Å². The highest BCUT2D eigenvalue weighted by Gasteiger charge is 2.09. The molecule has 0 aliphatic carbocycles. The van der Waals surface area contributed by atoms with E-state index in [4.69, 9.17) is 4.74 Å². The Morgan fingerprint density at radius 1 is 1.00 bits per heavy atom. The Labute approximate surface area is 162 Å². The molecule has 0 aromatic heterocycles. The number of halogens is 1. The molecule has 0 aliphatic heterocycles. The average Bonchev–Trinajstić information content (AvgIpc) is 2.73. The molecule has 0 aliphatic rings. The molecule has 138 valence electrons. The monoisotopic (exact) mass is 372 g/mol. The molecule has 3 aromatic carbocycles. The first-order valence-corrected chi connectivity index (χ1v) is 8.60. The van der Waals surface area contributed by atoms with Crippen LogP contribution in [0.3, 0.4) is 0 Å². The summed E-state index contributed by atoms with van der Waals surface area (Å²) < 4.78 is 19.2. The van der Waals surface area contributed by atoms with Crippen molar-refractivity contribution in [3.8, 4) is 11.8 Å². The summed E-state index contributed by atoms with van der Waals surface area (Å²) in [6.07, 6.45) is 1.50. The summed E-state index contributed by atoms with van der Waals surface area (Å²) in [7, 11) is 0. The number of carbonyl (C=O) groups excluding carboxylic acids is 1. The molecule has 28 heavy (non-hydrogen) atoms. The highest BCUT2D eigenvalue weighted by Crippen LogP contribution is 2.17. The van der Waals surface area contributed by atoms with Crippen LogP contribution in [0.15, 0.2) is 84.4 Å². The van der Waals surface area contributed by atoms with Crippen LogP contribution in [-0.4, -0.2) is 5.91 Å². The van der Waals surface area contributed by atoms with E-state index in [0.29, 0.717) is 22.6 Å². The van der Waals surface area contributed by atoms with E-state index in [9.17, 15) is 14.4 Å². The van der Waals surface area contributed by atoms with Crippen LogP contribution in [0.4, 0.5) is 10.1 Å². The van der Waals surface area contributed by atoms with E-state index in [-0.39, 0.29) is 18.0 Å². The van der Waals surface area contributed by atoms with Crippen molar-refractivity contribution in [1.29, 1.82) is 5.26 Å². The predicted molar refractivity (Wildman–Crippen MR) is 106 cm³/mol. The number of hydrogen-bond donors (Lipinski definition) is 1. The molecule has 0 saturated heterocycles. The third kappa shape index (κ3) is 5.05. The lowest BCUT2D eigenvalue weighted by atomic mass is 10.1. The van der Waals surface area contributed by atoms with Crippen molar-refractivity contribution in [2.45, 2.75) is 6.61 Å². The van der Waals surface area contributed by atoms with Crippen LogP contribution in [0, 0.1) is 17.1 Å². The molecule has 3 rings (SSSR count). The van der Waals surface area contributed by atoms with Crippen LogP contribution in [-0.2, 0) is 11.4 Å². The van der Waals surface area contributed by atoms with Crippen LogP contribution in [0.5, 0.6) is 5.75 Å². The van der Waals surface area contributed by atoms with Gasteiger partial charge in [-0.05, 0) is 42.0 Å². The summed E-state index contributed by atoms with van der Waals surface area (Å²) in [5, 5.41) is 12.0. The summed E-state index contributed by atoms with van der Waals surface area (Å²) in [5.41, 5.74) is 1.75. The van der Waals surface area contributed by atoms with Crippen LogP contribution >= 0.6 is 0 Å². The lowest BCUT2D eigenvalue weighted by Crippen LogP contribution is -2.13. The first-order chi connectivity index (χ1) is 13.7. The van der Waals surface area contributed by atoms with Crippen molar-refractivity contribution < 1.29 is 13.9 Å². The Morgan fingerprint density at radius 2 is 1.68 bits per heavy atom. The first kappa shape index (κ1) is 18.9. The quantitative estimate of drug-likeness (QED) is 0.492. The molecule has 0 atom stereocenters. The number of benzene rings is 3. The molecule has 0 saturated carbocycles. The number of ether oxygens (including phenoxy) is 1. The zero-order valence-corrected chi connectivity index (χ0v) is 14.9. The van der Waals surface area contributed by atoms with Gasteiger partial charge in [0.15, 0.2) is 0 Å². The van der Waals surface area contributed by atoms with Crippen LogP contribution in [0.1, 0.15) is 11.1 Å². The fourth-order valence-corrected chi connectivity index (χ4v) is 2.47. The van der Waals surface area contributed by atoms with Gasteiger partial charge in [-0.25, -0.2) is 4.39 Å². The fourth-order valence-electron chi connectivity index (χ4n) is 2.47. The van der Waals surface area contributed by atoms with Gasteiger partial charge in [-0.3, -0.25) is 4.79 Å². The van der Waals surface area contributed by atoms with E-state index in [1.54, 1.807) is 66.7 Å². The smallest absolute Gasteiger partial charge is 0.266 e. The second-order valence-electron chi connectivity index (χ2n) is 5.94. The number of nitrogens with zero attached hydrogens (tertiary/aromatic N) is 1. The highest BCUT2D eigenvalue weighted by atomic mass is 19.1. The second kappa shape index (κ2) is 9.15. The number of para-hydroxylation sites is 1. The maximum absolute atomic E-state index is 13.6. The number of amides is 1. The fraction of sp³-hybridized carbons (Fsp3) is 0.0435. The minimum absolute atomic E-state index is 0.0103. The number of nitriles is 1. The minimum Gasteiger partial charge on any atom is -0.489 e. The SMILES string of the molecule is N#CC(=Cc1ccc(OCc2ccccc2F)cc1)C(=O)Nc1ccccc1. The van der Waals surface area contributed by atoms with Gasteiger partial charge in [-0.2, -0.15) is 5.26 Å². The summed E-state index contributed by atoms with van der Waals surface area (Å²) >= 11 is 0. The Hall–Kier alpha value is -3.91. The minimum atomic E-state index is -0.478. The van der Waals surface area contributed by atoms with Crippen molar-refractivity contribution in [2.75, 3.05) is 5.32 Å². The summed E-state index contributed by atoms with van der Waals surface area (Å²) in [6.45, 7) is 0.116. The molecule has 1 amide bonds. The van der Waals surface area contributed by atoms with Gasteiger partial charge in [0.1, 0.15) is 29.8 Å². The Balaban J connectivity index is 1.65. The second-order valence-corrected chi connectivity index (χ2v) is 5.94. The van der Waals surface area contributed by atoms with Gasteiger partial charge in [-0.15, -0.1) is 0 Å². The molecule has 0 spiro atoms. The summed E-state index contributed by atoms with van der Waals surface area (Å²) in [5.74, 6) is -0.230. The molecule has 0 fully saturated rings. The zero-order valence-electron chi connectivity index (χ0n) is 14.9. The zero-order chi connectivity index (χ0) is 19.8. The molecule has 0 heterocycles. The van der Waals surface area contributed by atoms with Gasteiger partial charge in [-0.1, -0.05) is 48.5 Å². The lowest BCUT2D eigenvalue weighted by molar-refractivity contribution is -0.112. The van der Waals surface area contributed by atoms with E-state index < -0.39 is 5.91 Å². The van der Waals surface area contributed by atoms with Gasteiger partial charge in [0.25, 0.3) is 5.91 Å². The third-order valence-corrected chi connectivity index (χ3v) is 3.94. The topological polar surface area (TPSA) is 62.1 Å². The average molecular weight is 372 g/mol. The standard InChI is InChI=1S/C23H17FN2O2/c24-22-9-5-4-6-18(22)16-28-21-12-10-17(11-13-21)14-19(15-25)23(27)26-20-7-2-1-3-8-20/h1-14H,16H2,(H,26,27). The summed E-state index contributed by atoms with van der Waals surface area (Å²) in [4.78, 5) is 12.2. The highest BCUT2D eigenvalue weighted by molar-refractivity contribution is 6.09. The van der Waals surface area contributed by atoms with Crippen molar-refractivity contribution in [3.63, 3.8) is 0 Å². The van der Waals surface area contributed by atoms with Crippen LogP contribution in [0.2, 0.25) is 0 Å². The summed E-state index contributed by atoms with van der Waals surface area (Å²) in [6, 6.07) is 24.1. The van der Waals surface area contributed by atoms with E-state index in [2.05, 4.69) is 5.32 Å². The predicted octanol–water partition coefficient (Wildman–Crippen LogP) is 4.95. The van der Waals surface area contributed by atoms with Crippen molar-refractivity contribution >= 4 is 17.7 Å². The lowest BCUT2D eigenvalue weighted by Gasteiger charge is -2.07. The van der Waals surface area contributed by atoms with Gasteiger partial charge in [0, 0.05) is 11.3 Å². The maximum Gasteiger partial charge on any atom is 0.266 e. The Morgan fingerprint density at radius 3 is 2.36 bits per heavy atom. The number of rotatable bonds is 6. The van der Waals surface area contributed by atoms with Gasteiger partial charge in [0.05, 0.1) is 0 Å². The molecule has 0 radical (unpaired) electrons.